The molecule has 0 saturated carbocycles. The lowest BCUT2D eigenvalue weighted by atomic mass is 10.0. The van der Waals surface area contributed by atoms with E-state index in [1.807, 2.05) is 0 Å². The molecular formula is C14H22N2O5. The molecule has 2 aliphatic rings. The molecule has 0 radical (unpaired) electrons. The molecule has 3 unspecified atom stereocenters. The molecule has 7 nitrogen and oxygen atoms in total. The van der Waals surface area contributed by atoms with Crippen molar-refractivity contribution in [2.45, 2.75) is 44.7 Å². The average Bonchev–Trinajstić information content (AvgIpc) is 2.87. The van der Waals surface area contributed by atoms with Crippen LogP contribution in [-0.4, -0.2) is 65.2 Å². The van der Waals surface area contributed by atoms with Gasteiger partial charge in [0.2, 0.25) is 0 Å². The molecule has 2 heterocycles. The lowest BCUT2D eigenvalue weighted by Crippen LogP contribution is -2.54. The van der Waals surface area contributed by atoms with Crippen LogP contribution in [0.15, 0.2) is 0 Å². The molecule has 2 amide bonds. The van der Waals surface area contributed by atoms with Crippen LogP contribution in [-0.2, 0) is 14.3 Å². The summed E-state index contributed by atoms with van der Waals surface area (Å²) in [6.45, 7) is 2.68. The maximum atomic E-state index is 12.7. The number of piperidine rings is 1. The minimum absolute atomic E-state index is 0.249. The first kappa shape index (κ1) is 15.6. The van der Waals surface area contributed by atoms with Crippen LogP contribution in [0, 0.1) is 5.92 Å². The van der Waals surface area contributed by atoms with Crippen LogP contribution >= 0.6 is 0 Å². The molecule has 1 N–H and O–H groups in total. The van der Waals surface area contributed by atoms with E-state index in [9.17, 15) is 14.4 Å². The number of likely N-dealkylation sites (tertiary alicyclic amines) is 2. The van der Waals surface area contributed by atoms with Crippen LogP contribution in [0.4, 0.5) is 4.79 Å². The predicted molar refractivity (Wildman–Crippen MR) is 73.7 cm³/mol. The first-order chi connectivity index (χ1) is 9.97. The summed E-state index contributed by atoms with van der Waals surface area (Å²) in [5.74, 6) is -1.80. The van der Waals surface area contributed by atoms with Crippen LogP contribution in [0.25, 0.3) is 0 Å². The maximum absolute atomic E-state index is 12.7. The number of esters is 1. The number of hydrogen-bond donors (Lipinski definition) is 1. The van der Waals surface area contributed by atoms with Gasteiger partial charge in [0, 0.05) is 19.1 Å². The highest BCUT2D eigenvalue weighted by molar-refractivity contribution is 5.85. The van der Waals surface area contributed by atoms with E-state index in [1.165, 1.54) is 12.0 Å². The van der Waals surface area contributed by atoms with E-state index < -0.39 is 23.9 Å². The van der Waals surface area contributed by atoms with Gasteiger partial charge in [0.25, 0.3) is 0 Å². The van der Waals surface area contributed by atoms with Gasteiger partial charge in [-0.1, -0.05) is 0 Å². The zero-order chi connectivity index (χ0) is 15.6. The Hall–Kier alpha value is -1.79. The number of hydrogen-bond acceptors (Lipinski definition) is 4. The summed E-state index contributed by atoms with van der Waals surface area (Å²) in [7, 11) is 1.32. The van der Waals surface area contributed by atoms with Gasteiger partial charge in [-0.25, -0.2) is 9.59 Å². The topological polar surface area (TPSA) is 87.2 Å². The molecule has 2 saturated heterocycles. The molecule has 118 valence electrons. The number of amides is 2. The lowest BCUT2D eigenvalue weighted by Gasteiger charge is -2.37. The second-order valence-electron chi connectivity index (χ2n) is 5.68. The number of nitrogens with zero attached hydrogens (tertiary/aromatic N) is 2. The van der Waals surface area contributed by atoms with Gasteiger partial charge in [-0.2, -0.15) is 0 Å². The van der Waals surface area contributed by atoms with Crippen molar-refractivity contribution in [1.82, 2.24) is 9.80 Å². The fraction of sp³-hybridized carbons (Fsp3) is 0.786. The quantitative estimate of drug-likeness (QED) is 0.766. The number of urea groups is 1. The van der Waals surface area contributed by atoms with Gasteiger partial charge in [-0.15, -0.1) is 0 Å². The number of carboxylic acid groups (broad SMARTS) is 1. The van der Waals surface area contributed by atoms with Crippen molar-refractivity contribution in [2.24, 2.45) is 5.92 Å². The smallest absolute Gasteiger partial charge is 0.328 e. The number of rotatable bonds is 2. The summed E-state index contributed by atoms with van der Waals surface area (Å²) in [5.41, 5.74) is 0. The van der Waals surface area contributed by atoms with Gasteiger partial charge in [0.1, 0.15) is 6.04 Å². The molecule has 0 spiro atoms. The standard InChI is InChI=1S/C14H22N2O5/c1-9-10(12(17)18)6-8-15(9)14(20)16-7-4-3-5-11(16)13(19)21-2/h9-11H,3-8H2,1-2H3,(H,17,18). The van der Waals surface area contributed by atoms with Gasteiger partial charge in [-0.3, -0.25) is 4.79 Å². The van der Waals surface area contributed by atoms with Gasteiger partial charge < -0.3 is 19.6 Å². The Morgan fingerprint density at radius 2 is 1.81 bits per heavy atom. The minimum atomic E-state index is -0.874. The molecule has 2 rings (SSSR count). The summed E-state index contributed by atoms with van der Waals surface area (Å²) in [5, 5.41) is 9.15. The molecule has 21 heavy (non-hydrogen) atoms. The normalized spacial score (nSPS) is 29.3. The van der Waals surface area contributed by atoms with Crippen molar-refractivity contribution in [3.8, 4) is 0 Å². The van der Waals surface area contributed by atoms with Crippen LogP contribution in [0.5, 0.6) is 0 Å². The Bertz CT molecular complexity index is 439. The second-order valence-corrected chi connectivity index (χ2v) is 5.68. The first-order valence-corrected chi connectivity index (χ1v) is 7.35. The van der Waals surface area contributed by atoms with E-state index in [0.717, 1.165) is 12.8 Å². The van der Waals surface area contributed by atoms with Crippen molar-refractivity contribution in [3.63, 3.8) is 0 Å². The van der Waals surface area contributed by atoms with E-state index in [-0.39, 0.29) is 12.1 Å². The SMILES string of the molecule is COC(=O)C1CCCCN1C(=O)N1CCC(C(=O)O)C1C. The highest BCUT2D eigenvalue weighted by Gasteiger charge is 2.42. The largest absolute Gasteiger partial charge is 0.481 e. The van der Waals surface area contributed by atoms with Gasteiger partial charge >= 0.3 is 18.0 Å². The Morgan fingerprint density at radius 3 is 2.38 bits per heavy atom. The van der Waals surface area contributed by atoms with Crippen LogP contribution in [0.1, 0.15) is 32.6 Å². The summed E-state index contributed by atoms with van der Waals surface area (Å²) in [4.78, 5) is 38.7. The zero-order valence-electron chi connectivity index (χ0n) is 12.4. The molecule has 3 atom stereocenters. The van der Waals surface area contributed by atoms with Crippen molar-refractivity contribution >= 4 is 18.0 Å². The zero-order valence-corrected chi connectivity index (χ0v) is 12.4. The van der Waals surface area contributed by atoms with Crippen molar-refractivity contribution < 1.29 is 24.2 Å². The van der Waals surface area contributed by atoms with Gasteiger partial charge in [0.05, 0.1) is 13.0 Å². The highest BCUT2D eigenvalue weighted by Crippen LogP contribution is 2.28. The minimum Gasteiger partial charge on any atom is -0.481 e. The van der Waals surface area contributed by atoms with E-state index in [4.69, 9.17) is 9.84 Å². The fourth-order valence-electron chi connectivity index (χ4n) is 3.25. The predicted octanol–water partition coefficient (Wildman–Crippen LogP) is 0.929. The molecule has 2 fully saturated rings. The number of methoxy groups -OCH3 is 1. The van der Waals surface area contributed by atoms with E-state index in [2.05, 4.69) is 0 Å². The van der Waals surface area contributed by atoms with E-state index >= 15 is 0 Å². The first-order valence-electron chi connectivity index (χ1n) is 7.35. The Kier molecular flexibility index (Phi) is 4.69. The summed E-state index contributed by atoms with van der Waals surface area (Å²) in [6.07, 6.45) is 2.79. The average molecular weight is 298 g/mol. The second kappa shape index (κ2) is 6.32. The van der Waals surface area contributed by atoms with Gasteiger partial charge in [-0.05, 0) is 32.6 Å². The van der Waals surface area contributed by atoms with Gasteiger partial charge in [0.15, 0.2) is 0 Å². The Labute approximate surface area is 123 Å². The van der Waals surface area contributed by atoms with Crippen LogP contribution < -0.4 is 0 Å². The molecule has 0 aromatic heterocycles. The number of carbonyl (C=O) groups is 3. The van der Waals surface area contributed by atoms with E-state index in [1.54, 1.807) is 11.8 Å². The molecule has 0 bridgehead atoms. The van der Waals surface area contributed by atoms with Crippen LogP contribution in [0.3, 0.4) is 0 Å². The molecule has 0 aliphatic carbocycles. The Morgan fingerprint density at radius 1 is 1.10 bits per heavy atom. The fourth-order valence-corrected chi connectivity index (χ4v) is 3.25. The number of aliphatic carboxylic acids is 1. The maximum Gasteiger partial charge on any atom is 0.328 e. The van der Waals surface area contributed by atoms with Crippen LogP contribution in [0.2, 0.25) is 0 Å². The number of carboxylic acids is 1. The van der Waals surface area contributed by atoms with Crippen molar-refractivity contribution in [2.75, 3.05) is 20.2 Å². The Balaban J connectivity index is 2.11. The lowest BCUT2D eigenvalue weighted by molar-refractivity contribution is -0.147. The monoisotopic (exact) mass is 298 g/mol. The molecular weight excluding hydrogens is 276 g/mol. The van der Waals surface area contributed by atoms with Crippen molar-refractivity contribution in [1.29, 1.82) is 0 Å². The summed E-state index contributed by atoms with van der Waals surface area (Å²) < 4.78 is 4.77. The molecule has 7 heteroatoms. The van der Waals surface area contributed by atoms with Crippen molar-refractivity contribution in [3.05, 3.63) is 0 Å². The summed E-state index contributed by atoms with van der Waals surface area (Å²) in [6, 6.07) is -1.15. The third-order valence-electron chi connectivity index (χ3n) is 4.54. The molecule has 2 aliphatic heterocycles. The third-order valence-corrected chi connectivity index (χ3v) is 4.54. The third kappa shape index (κ3) is 2.96. The summed E-state index contributed by atoms with van der Waals surface area (Å²) >= 11 is 0. The number of carbonyl (C=O) groups excluding carboxylic acids is 2. The molecule has 0 aromatic carbocycles. The highest BCUT2D eigenvalue weighted by atomic mass is 16.5. The number of ether oxygens (including phenoxy) is 1. The molecule has 0 aromatic rings. The van der Waals surface area contributed by atoms with E-state index in [0.29, 0.717) is 25.9 Å².